The molecule has 0 unspecified atom stereocenters. The molecular weight excluding hydrogens is 220 g/mol. The smallest absolute Gasteiger partial charge is 0.0747 e. The minimum Gasteiger partial charge on any atom is -0.395 e. The lowest BCUT2D eigenvalue weighted by molar-refractivity contribution is -0.0825. The number of hydrogen-bond donors (Lipinski definition) is 1. The van der Waals surface area contributed by atoms with Crippen molar-refractivity contribution in [2.24, 2.45) is 0 Å². The fourth-order valence-corrected chi connectivity index (χ4v) is 3.68. The molecule has 0 saturated carbocycles. The summed E-state index contributed by atoms with van der Waals surface area (Å²) in [5.74, 6) is 0. The first-order valence-electron chi connectivity index (χ1n) is 5.44. The van der Waals surface area contributed by atoms with Gasteiger partial charge in [-0.25, -0.2) is 0 Å². The zero-order valence-electron chi connectivity index (χ0n) is 9.19. The Morgan fingerprint density at radius 2 is 2.12 bits per heavy atom. The largest absolute Gasteiger partial charge is 0.395 e. The van der Waals surface area contributed by atoms with E-state index in [-0.39, 0.29) is 12.0 Å². The molecule has 1 aliphatic rings. The van der Waals surface area contributed by atoms with E-state index in [2.05, 4.69) is 31.2 Å². The maximum Gasteiger partial charge on any atom is 0.0747 e. The number of aliphatic hydroxyl groups excluding tert-OH is 1. The SMILES string of the molecule is Cc1c(C2(CO)COC2)sc2ccccc12. The van der Waals surface area contributed by atoms with Gasteiger partial charge in [0.1, 0.15) is 0 Å². The summed E-state index contributed by atoms with van der Waals surface area (Å²) in [6.45, 7) is 3.62. The van der Waals surface area contributed by atoms with E-state index in [1.165, 1.54) is 20.5 Å². The van der Waals surface area contributed by atoms with Crippen molar-refractivity contribution in [3.8, 4) is 0 Å². The van der Waals surface area contributed by atoms with Crippen LogP contribution in [0.1, 0.15) is 10.4 Å². The molecule has 1 aromatic carbocycles. The lowest BCUT2D eigenvalue weighted by Crippen LogP contribution is -2.49. The van der Waals surface area contributed by atoms with Crippen molar-refractivity contribution in [3.63, 3.8) is 0 Å². The Hall–Kier alpha value is -0.900. The van der Waals surface area contributed by atoms with Crippen molar-refractivity contribution < 1.29 is 9.84 Å². The molecule has 2 nitrogen and oxygen atoms in total. The predicted molar refractivity (Wildman–Crippen MR) is 66.1 cm³/mol. The number of ether oxygens (including phenoxy) is 1. The zero-order valence-corrected chi connectivity index (χ0v) is 10.0. The van der Waals surface area contributed by atoms with E-state index in [1.54, 1.807) is 11.3 Å². The molecule has 1 aliphatic heterocycles. The predicted octanol–water partition coefficient (Wildman–Crippen LogP) is 2.47. The quantitative estimate of drug-likeness (QED) is 0.865. The first kappa shape index (κ1) is 10.3. The van der Waals surface area contributed by atoms with Gasteiger partial charge >= 0.3 is 0 Å². The van der Waals surface area contributed by atoms with Crippen LogP contribution in [-0.4, -0.2) is 24.9 Å². The Morgan fingerprint density at radius 1 is 1.38 bits per heavy atom. The fraction of sp³-hybridized carbons (Fsp3) is 0.385. The molecule has 3 heteroatoms. The number of fused-ring (bicyclic) bond motifs is 1. The molecule has 0 amide bonds. The molecule has 84 valence electrons. The average Bonchev–Trinajstić information content (AvgIpc) is 2.57. The highest BCUT2D eigenvalue weighted by atomic mass is 32.1. The number of aryl methyl sites for hydroxylation is 1. The zero-order chi connectivity index (χ0) is 11.2. The lowest BCUT2D eigenvalue weighted by Gasteiger charge is -2.39. The summed E-state index contributed by atoms with van der Waals surface area (Å²) in [5.41, 5.74) is 1.17. The molecule has 1 aromatic heterocycles. The van der Waals surface area contributed by atoms with Crippen LogP contribution >= 0.6 is 11.3 Å². The van der Waals surface area contributed by atoms with Crippen LogP contribution in [0, 0.1) is 6.92 Å². The normalized spacial score (nSPS) is 18.6. The van der Waals surface area contributed by atoms with Crippen LogP contribution in [0.5, 0.6) is 0 Å². The van der Waals surface area contributed by atoms with Crippen molar-refractivity contribution >= 4 is 21.4 Å². The van der Waals surface area contributed by atoms with Gasteiger partial charge in [-0.05, 0) is 23.9 Å². The highest BCUT2D eigenvalue weighted by Crippen LogP contribution is 2.42. The van der Waals surface area contributed by atoms with Crippen LogP contribution in [0.2, 0.25) is 0 Å². The number of aliphatic hydroxyl groups is 1. The van der Waals surface area contributed by atoms with Crippen LogP contribution in [0.15, 0.2) is 24.3 Å². The Morgan fingerprint density at radius 3 is 2.69 bits per heavy atom. The summed E-state index contributed by atoms with van der Waals surface area (Å²) in [6, 6.07) is 8.41. The van der Waals surface area contributed by atoms with E-state index >= 15 is 0 Å². The molecular formula is C13H14O2S. The van der Waals surface area contributed by atoms with Crippen LogP contribution in [0.3, 0.4) is 0 Å². The van der Waals surface area contributed by atoms with Gasteiger partial charge in [0.25, 0.3) is 0 Å². The maximum absolute atomic E-state index is 9.57. The Kier molecular flexibility index (Phi) is 2.28. The second kappa shape index (κ2) is 3.55. The second-order valence-corrected chi connectivity index (χ2v) is 5.54. The van der Waals surface area contributed by atoms with Gasteiger partial charge in [0.05, 0.1) is 25.2 Å². The maximum atomic E-state index is 9.57. The minimum absolute atomic E-state index is 0.131. The third-order valence-electron chi connectivity index (χ3n) is 3.38. The Balaban J connectivity index is 2.20. The summed E-state index contributed by atoms with van der Waals surface area (Å²) in [6.07, 6.45) is 0. The van der Waals surface area contributed by atoms with Gasteiger partial charge < -0.3 is 9.84 Å². The van der Waals surface area contributed by atoms with Crippen molar-refractivity contribution in [2.75, 3.05) is 19.8 Å². The molecule has 16 heavy (non-hydrogen) atoms. The van der Waals surface area contributed by atoms with Crippen LogP contribution in [0.4, 0.5) is 0 Å². The third-order valence-corrected chi connectivity index (χ3v) is 4.90. The first-order valence-corrected chi connectivity index (χ1v) is 6.26. The summed E-state index contributed by atoms with van der Waals surface area (Å²) in [7, 11) is 0. The summed E-state index contributed by atoms with van der Waals surface area (Å²) in [5, 5.41) is 10.9. The second-order valence-electron chi connectivity index (χ2n) is 4.48. The summed E-state index contributed by atoms with van der Waals surface area (Å²) >= 11 is 1.79. The summed E-state index contributed by atoms with van der Waals surface area (Å²) < 4.78 is 6.58. The van der Waals surface area contributed by atoms with Crippen molar-refractivity contribution in [3.05, 3.63) is 34.7 Å². The van der Waals surface area contributed by atoms with Gasteiger partial charge in [-0.1, -0.05) is 18.2 Å². The first-order chi connectivity index (χ1) is 7.77. The van der Waals surface area contributed by atoms with Gasteiger partial charge in [-0.15, -0.1) is 11.3 Å². The Bertz CT molecular complexity index is 520. The highest BCUT2D eigenvalue weighted by Gasteiger charge is 2.42. The molecule has 1 fully saturated rings. The van der Waals surface area contributed by atoms with E-state index in [4.69, 9.17) is 4.74 Å². The van der Waals surface area contributed by atoms with Gasteiger partial charge in [0.2, 0.25) is 0 Å². The Labute approximate surface area is 98.5 Å². The van der Waals surface area contributed by atoms with Crippen molar-refractivity contribution in [1.82, 2.24) is 0 Å². The lowest BCUT2D eigenvalue weighted by atomic mass is 9.83. The molecule has 2 heterocycles. The number of benzene rings is 1. The molecule has 3 rings (SSSR count). The van der Waals surface area contributed by atoms with E-state index in [9.17, 15) is 5.11 Å². The standard InChI is InChI=1S/C13H14O2S/c1-9-10-4-2-3-5-11(10)16-12(9)13(6-14)7-15-8-13/h2-5,14H,6-8H2,1H3. The van der Waals surface area contributed by atoms with Gasteiger partial charge in [0, 0.05) is 9.58 Å². The fourth-order valence-electron chi connectivity index (χ4n) is 2.32. The number of hydrogen-bond acceptors (Lipinski definition) is 3. The van der Waals surface area contributed by atoms with Gasteiger partial charge in [-0.2, -0.15) is 0 Å². The molecule has 0 bridgehead atoms. The van der Waals surface area contributed by atoms with Crippen LogP contribution in [-0.2, 0) is 10.2 Å². The molecule has 0 radical (unpaired) electrons. The van der Waals surface area contributed by atoms with Crippen molar-refractivity contribution in [2.45, 2.75) is 12.3 Å². The summed E-state index contributed by atoms with van der Waals surface area (Å²) in [4.78, 5) is 1.29. The number of thiophene rings is 1. The monoisotopic (exact) mass is 234 g/mol. The average molecular weight is 234 g/mol. The molecule has 0 aliphatic carbocycles. The van der Waals surface area contributed by atoms with Gasteiger partial charge in [0.15, 0.2) is 0 Å². The third kappa shape index (κ3) is 1.25. The van der Waals surface area contributed by atoms with E-state index in [0.717, 1.165) is 0 Å². The van der Waals surface area contributed by atoms with E-state index in [1.807, 2.05) is 0 Å². The highest BCUT2D eigenvalue weighted by molar-refractivity contribution is 7.19. The van der Waals surface area contributed by atoms with E-state index in [0.29, 0.717) is 13.2 Å². The molecule has 1 saturated heterocycles. The number of rotatable bonds is 2. The van der Waals surface area contributed by atoms with Gasteiger partial charge in [-0.3, -0.25) is 0 Å². The van der Waals surface area contributed by atoms with Crippen LogP contribution in [0.25, 0.3) is 10.1 Å². The topological polar surface area (TPSA) is 29.5 Å². The van der Waals surface area contributed by atoms with Crippen molar-refractivity contribution in [1.29, 1.82) is 0 Å². The van der Waals surface area contributed by atoms with Crippen LogP contribution < -0.4 is 0 Å². The molecule has 1 N–H and O–H groups in total. The molecule has 0 atom stereocenters. The minimum atomic E-state index is -0.131. The van der Waals surface area contributed by atoms with E-state index < -0.39 is 0 Å². The molecule has 2 aromatic rings. The molecule has 0 spiro atoms.